The highest BCUT2D eigenvalue weighted by Gasteiger charge is 2.27. The van der Waals surface area contributed by atoms with Crippen LogP contribution in [0.1, 0.15) is 20.3 Å². The van der Waals surface area contributed by atoms with Crippen LogP contribution in [0.2, 0.25) is 0 Å². The van der Waals surface area contributed by atoms with Gasteiger partial charge < -0.3 is 10.6 Å². The topological polar surface area (TPSA) is 32.5 Å². The normalized spacial score (nSPS) is 25.8. The van der Waals surface area contributed by atoms with E-state index in [9.17, 15) is 0 Å². The van der Waals surface area contributed by atoms with Gasteiger partial charge in [0.1, 0.15) is 0 Å². The Bertz CT molecular complexity index is 166. The van der Waals surface area contributed by atoms with Gasteiger partial charge in [0.15, 0.2) is 0 Å². The van der Waals surface area contributed by atoms with Gasteiger partial charge >= 0.3 is 0 Å². The standard InChI is InChI=1S/C10H23N3/c1-10(2,12(3)4)8-13-6-5-9(11)7-13/h9H,5-8,11H2,1-4H3. The number of nitrogens with two attached hydrogens (primary N) is 1. The average molecular weight is 185 g/mol. The zero-order valence-electron chi connectivity index (χ0n) is 9.38. The van der Waals surface area contributed by atoms with Gasteiger partial charge in [0.2, 0.25) is 0 Å². The van der Waals surface area contributed by atoms with E-state index in [1.807, 2.05) is 0 Å². The maximum absolute atomic E-state index is 5.86. The first kappa shape index (κ1) is 11.0. The molecule has 3 heteroatoms. The molecule has 13 heavy (non-hydrogen) atoms. The van der Waals surface area contributed by atoms with Crippen molar-refractivity contribution in [1.29, 1.82) is 0 Å². The van der Waals surface area contributed by atoms with Crippen LogP contribution in [-0.2, 0) is 0 Å². The molecule has 0 bridgehead atoms. The fourth-order valence-corrected chi connectivity index (χ4v) is 1.69. The van der Waals surface area contributed by atoms with E-state index in [1.54, 1.807) is 0 Å². The Morgan fingerprint density at radius 2 is 2.08 bits per heavy atom. The van der Waals surface area contributed by atoms with Crippen molar-refractivity contribution in [2.45, 2.75) is 31.8 Å². The molecule has 0 saturated carbocycles. The molecule has 2 N–H and O–H groups in total. The third-order valence-corrected chi connectivity index (χ3v) is 3.13. The smallest absolute Gasteiger partial charge is 0.0274 e. The van der Waals surface area contributed by atoms with Gasteiger partial charge in [-0.3, -0.25) is 4.90 Å². The predicted molar refractivity (Wildman–Crippen MR) is 56.8 cm³/mol. The Hall–Kier alpha value is -0.120. The summed E-state index contributed by atoms with van der Waals surface area (Å²) in [4.78, 5) is 4.74. The zero-order chi connectivity index (χ0) is 10.1. The molecule has 0 spiro atoms. The molecular formula is C10H23N3. The van der Waals surface area contributed by atoms with Crippen molar-refractivity contribution >= 4 is 0 Å². The third-order valence-electron chi connectivity index (χ3n) is 3.13. The Kier molecular flexibility index (Phi) is 3.33. The lowest BCUT2D eigenvalue weighted by Gasteiger charge is -2.36. The Morgan fingerprint density at radius 1 is 1.46 bits per heavy atom. The van der Waals surface area contributed by atoms with Crippen molar-refractivity contribution < 1.29 is 0 Å². The van der Waals surface area contributed by atoms with Crippen molar-refractivity contribution in [3.63, 3.8) is 0 Å². The van der Waals surface area contributed by atoms with Crippen LogP contribution in [0.15, 0.2) is 0 Å². The average Bonchev–Trinajstić information content (AvgIpc) is 2.34. The quantitative estimate of drug-likeness (QED) is 0.689. The van der Waals surface area contributed by atoms with Crippen LogP contribution in [0.25, 0.3) is 0 Å². The monoisotopic (exact) mass is 185 g/mol. The summed E-state index contributed by atoms with van der Waals surface area (Å²) >= 11 is 0. The lowest BCUT2D eigenvalue weighted by atomic mass is 10.0. The van der Waals surface area contributed by atoms with Crippen LogP contribution in [0.5, 0.6) is 0 Å². The highest BCUT2D eigenvalue weighted by Crippen LogP contribution is 2.16. The van der Waals surface area contributed by atoms with Gasteiger partial charge in [-0.25, -0.2) is 0 Å². The second-order valence-corrected chi connectivity index (χ2v) is 4.99. The van der Waals surface area contributed by atoms with Crippen LogP contribution in [-0.4, -0.2) is 55.1 Å². The van der Waals surface area contributed by atoms with Gasteiger partial charge in [-0.05, 0) is 40.9 Å². The van der Waals surface area contributed by atoms with Crippen molar-refractivity contribution in [2.24, 2.45) is 5.73 Å². The van der Waals surface area contributed by atoms with E-state index in [-0.39, 0.29) is 5.54 Å². The maximum atomic E-state index is 5.86. The van der Waals surface area contributed by atoms with E-state index in [0.717, 1.165) is 19.5 Å². The van der Waals surface area contributed by atoms with Crippen LogP contribution < -0.4 is 5.73 Å². The molecule has 1 aliphatic heterocycles. The molecule has 0 aromatic carbocycles. The summed E-state index contributed by atoms with van der Waals surface area (Å²) in [5, 5.41) is 0. The molecule has 1 aliphatic rings. The molecule has 0 aliphatic carbocycles. The van der Waals surface area contributed by atoms with E-state index in [4.69, 9.17) is 5.73 Å². The molecule has 0 aromatic heterocycles. The Balaban J connectivity index is 2.40. The van der Waals surface area contributed by atoms with Crippen molar-refractivity contribution in [3.8, 4) is 0 Å². The molecule has 78 valence electrons. The molecule has 1 unspecified atom stereocenters. The first-order chi connectivity index (χ1) is 5.92. The van der Waals surface area contributed by atoms with Gasteiger partial charge in [0, 0.05) is 24.7 Å². The van der Waals surface area contributed by atoms with E-state index < -0.39 is 0 Å². The minimum Gasteiger partial charge on any atom is -0.326 e. The highest BCUT2D eigenvalue weighted by molar-refractivity contribution is 4.86. The van der Waals surface area contributed by atoms with Gasteiger partial charge in [-0.15, -0.1) is 0 Å². The molecule has 0 radical (unpaired) electrons. The van der Waals surface area contributed by atoms with Gasteiger partial charge in [0.05, 0.1) is 0 Å². The lowest BCUT2D eigenvalue weighted by Crippen LogP contribution is -2.48. The first-order valence-electron chi connectivity index (χ1n) is 5.07. The van der Waals surface area contributed by atoms with Gasteiger partial charge in [0.25, 0.3) is 0 Å². The fourth-order valence-electron chi connectivity index (χ4n) is 1.69. The fraction of sp³-hybridized carbons (Fsp3) is 1.00. The minimum absolute atomic E-state index is 0.254. The van der Waals surface area contributed by atoms with Gasteiger partial charge in [-0.2, -0.15) is 0 Å². The molecule has 0 aromatic rings. The lowest BCUT2D eigenvalue weighted by molar-refractivity contribution is 0.133. The summed E-state index contributed by atoms with van der Waals surface area (Å²) < 4.78 is 0. The number of nitrogens with zero attached hydrogens (tertiary/aromatic N) is 2. The number of likely N-dealkylation sites (N-methyl/N-ethyl adjacent to an activating group) is 1. The SMILES string of the molecule is CN(C)C(C)(C)CN1CCC(N)C1. The summed E-state index contributed by atoms with van der Waals surface area (Å²) in [6.07, 6.45) is 1.16. The summed E-state index contributed by atoms with van der Waals surface area (Å²) in [5.41, 5.74) is 6.12. The minimum atomic E-state index is 0.254. The van der Waals surface area contributed by atoms with Crippen LogP contribution in [0, 0.1) is 0 Å². The van der Waals surface area contributed by atoms with Crippen molar-refractivity contribution in [1.82, 2.24) is 9.80 Å². The van der Waals surface area contributed by atoms with Crippen LogP contribution in [0.4, 0.5) is 0 Å². The molecular weight excluding hydrogens is 162 g/mol. The second kappa shape index (κ2) is 3.95. The molecule has 1 atom stereocenters. The summed E-state index contributed by atoms with van der Waals surface area (Å²) in [7, 11) is 4.27. The molecule has 1 saturated heterocycles. The maximum Gasteiger partial charge on any atom is 0.0274 e. The molecule has 1 heterocycles. The molecule has 1 fully saturated rings. The molecule has 3 nitrogen and oxygen atoms in total. The Labute approximate surface area is 81.9 Å². The molecule has 0 amide bonds. The first-order valence-corrected chi connectivity index (χ1v) is 5.07. The molecule has 1 rings (SSSR count). The van der Waals surface area contributed by atoms with Crippen LogP contribution in [0.3, 0.4) is 0 Å². The number of rotatable bonds is 3. The van der Waals surface area contributed by atoms with E-state index in [2.05, 4.69) is 37.7 Å². The summed E-state index contributed by atoms with van der Waals surface area (Å²) in [6.45, 7) is 7.90. The summed E-state index contributed by atoms with van der Waals surface area (Å²) in [6, 6.07) is 0.401. The Morgan fingerprint density at radius 3 is 2.46 bits per heavy atom. The van der Waals surface area contributed by atoms with E-state index in [0.29, 0.717) is 6.04 Å². The predicted octanol–water partition coefficient (Wildman–Crippen LogP) is 0.360. The second-order valence-electron chi connectivity index (χ2n) is 4.99. The number of hydrogen-bond acceptors (Lipinski definition) is 3. The largest absolute Gasteiger partial charge is 0.326 e. The highest BCUT2D eigenvalue weighted by atomic mass is 15.2. The van der Waals surface area contributed by atoms with Crippen LogP contribution >= 0.6 is 0 Å². The number of likely N-dealkylation sites (tertiary alicyclic amines) is 1. The van der Waals surface area contributed by atoms with E-state index in [1.165, 1.54) is 6.54 Å². The zero-order valence-corrected chi connectivity index (χ0v) is 9.38. The summed E-state index contributed by atoms with van der Waals surface area (Å²) in [5.74, 6) is 0. The van der Waals surface area contributed by atoms with E-state index >= 15 is 0 Å². The number of hydrogen-bond donors (Lipinski definition) is 1. The van der Waals surface area contributed by atoms with Crippen molar-refractivity contribution in [2.75, 3.05) is 33.7 Å². The third kappa shape index (κ3) is 2.93. The van der Waals surface area contributed by atoms with Gasteiger partial charge in [-0.1, -0.05) is 0 Å². The van der Waals surface area contributed by atoms with Crippen molar-refractivity contribution in [3.05, 3.63) is 0 Å².